The Hall–Kier alpha value is -1.59. The lowest BCUT2D eigenvalue weighted by molar-refractivity contribution is 1.26. The topological polar surface area (TPSA) is 49.8 Å². The lowest BCUT2D eigenvalue weighted by Gasteiger charge is -1.99. The van der Waals surface area contributed by atoms with Crippen LogP contribution < -0.4 is 5.73 Å². The summed E-state index contributed by atoms with van der Waals surface area (Å²) in [7, 11) is 0. The number of benzene rings is 1. The highest BCUT2D eigenvalue weighted by Crippen LogP contribution is 2.11. The Labute approximate surface area is 78.3 Å². The number of rotatable bonds is 2. The number of hydrogen-bond acceptors (Lipinski definition) is 2. The monoisotopic (exact) mass is 172 g/mol. The van der Waals surface area contributed by atoms with Gasteiger partial charge in [0.05, 0.1) is 11.6 Å². The van der Waals surface area contributed by atoms with Crippen LogP contribution in [0.15, 0.2) is 24.3 Å². The van der Waals surface area contributed by atoms with Gasteiger partial charge in [0.25, 0.3) is 0 Å². The molecule has 0 saturated carbocycles. The molecule has 0 atom stereocenters. The molecule has 66 valence electrons. The zero-order valence-electron chi connectivity index (χ0n) is 7.62. The Balaban J connectivity index is 3.06. The molecule has 0 aliphatic carbocycles. The molecule has 0 aliphatic heterocycles. The molecule has 0 aromatic heterocycles. The largest absolute Gasteiger partial charge is 0.327 e. The number of aryl methyl sites for hydroxylation is 1. The van der Waals surface area contributed by atoms with E-state index in [2.05, 4.69) is 6.07 Å². The molecule has 2 N–H and O–H groups in total. The Morgan fingerprint density at radius 2 is 2.31 bits per heavy atom. The minimum absolute atomic E-state index is 0.524. The molecule has 0 radical (unpaired) electrons. The first-order chi connectivity index (χ1) is 6.27. The standard InChI is InChI=1S/C11H12N2/c1-9-4-5-10(8-13)7-11(9)3-2-6-12/h2-5,7H,6,12H2,1H3. The van der Waals surface area contributed by atoms with Gasteiger partial charge in [0, 0.05) is 6.54 Å². The van der Waals surface area contributed by atoms with Gasteiger partial charge in [-0.15, -0.1) is 0 Å². The van der Waals surface area contributed by atoms with Crippen LogP contribution in [0.1, 0.15) is 16.7 Å². The van der Waals surface area contributed by atoms with Crippen molar-refractivity contribution in [3.63, 3.8) is 0 Å². The maximum Gasteiger partial charge on any atom is 0.0991 e. The molecule has 1 aromatic carbocycles. The molecule has 1 aromatic rings. The molecule has 2 nitrogen and oxygen atoms in total. The summed E-state index contributed by atoms with van der Waals surface area (Å²) < 4.78 is 0. The van der Waals surface area contributed by atoms with Gasteiger partial charge in [0.2, 0.25) is 0 Å². The average molecular weight is 172 g/mol. The Morgan fingerprint density at radius 1 is 1.54 bits per heavy atom. The Kier molecular flexibility index (Phi) is 3.24. The molecule has 13 heavy (non-hydrogen) atoms. The molecule has 0 unspecified atom stereocenters. The van der Waals surface area contributed by atoms with Crippen molar-refractivity contribution < 1.29 is 0 Å². The molecule has 0 saturated heterocycles. The molecule has 1 rings (SSSR count). The van der Waals surface area contributed by atoms with Gasteiger partial charge in [0.15, 0.2) is 0 Å². The molecular formula is C11H12N2. The van der Waals surface area contributed by atoms with E-state index >= 15 is 0 Å². The van der Waals surface area contributed by atoms with Crippen molar-refractivity contribution in [1.82, 2.24) is 0 Å². The number of nitriles is 1. The van der Waals surface area contributed by atoms with Crippen LogP contribution in [0.5, 0.6) is 0 Å². The second-order valence-corrected chi connectivity index (χ2v) is 2.82. The Morgan fingerprint density at radius 3 is 2.92 bits per heavy atom. The fourth-order valence-electron chi connectivity index (χ4n) is 1.08. The highest BCUT2D eigenvalue weighted by Gasteiger charge is 1.95. The number of nitrogens with two attached hydrogens (primary N) is 1. The predicted molar refractivity (Wildman–Crippen MR) is 54.0 cm³/mol. The van der Waals surface area contributed by atoms with Gasteiger partial charge < -0.3 is 5.73 Å². The van der Waals surface area contributed by atoms with Gasteiger partial charge >= 0.3 is 0 Å². The first kappa shape index (κ1) is 9.50. The summed E-state index contributed by atoms with van der Waals surface area (Å²) in [6, 6.07) is 7.72. The van der Waals surface area contributed by atoms with Gasteiger partial charge in [-0.1, -0.05) is 18.2 Å². The molecule has 0 heterocycles. The lowest BCUT2D eigenvalue weighted by atomic mass is 10.1. The van der Waals surface area contributed by atoms with Crippen LogP contribution in [0.2, 0.25) is 0 Å². The van der Waals surface area contributed by atoms with E-state index in [1.165, 1.54) is 0 Å². The van der Waals surface area contributed by atoms with E-state index < -0.39 is 0 Å². The van der Waals surface area contributed by atoms with Crippen LogP contribution in [0.4, 0.5) is 0 Å². The highest BCUT2D eigenvalue weighted by atomic mass is 14.5. The van der Waals surface area contributed by atoms with Gasteiger partial charge in [-0.05, 0) is 30.2 Å². The van der Waals surface area contributed by atoms with Crippen LogP contribution in [-0.2, 0) is 0 Å². The fraction of sp³-hybridized carbons (Fsp3) is 0.182. The van der Waals surface area contributed by atoms with Crippen molar-refractivity contribution in [2.75, 3.05) is 6.54 Å². The van der Waals surface area contributed by atoms with E-state index in [4.69, 9.17) is 11.0 Å². The van der Waals surface area contributed by atoms with Crippen LogP contribution in [0, 0.1) is 18.3 Å². The molecule has 2 heteroatoms. The maximum absolute atomic E-state index is 8.68. The third-order valence-electron chi connectivity index (χ3n) is 1.84. The first-order valence-electron chi connectivity index (χ1n) is 4.15. The van der Waals surface area contributed by atoms with Crippen LogP contribution in [0.3, 0.4) is 0 Å². The van der Waals surface area contributed by atoms with Crippen molar-refractivity contribution in [2.24, 2.45) is 5.73 Å². The minimum Gasteiger partial charge on any atom is -0.327 e. The van der Waals surface area contributed by atoms with Crippen molar-refractivity contribution >= 4 is 6.08 Å². The van der Waals surface area contributed by atoms with Crippen molar-refractivity contribution in [3.8, 4) is 6.07 Å². The van der Waals surface area contributed by atoms with E-state index in [1.54, 1.807) is 0 Å². The third-order valence-corrected chi connectivity index (χ3v) is 1.84. The summed E-state index contributed by atoms with van der Waals surface area (Å²) in [6.45, 7) is 2.54. The van der Waals surface area contributed by atoms with Gasteiger partial charge in [-0.3, -0.25) is 0 Å². The summed E-state index contributed by atoms with van der Waals surface area (Å²) in [5, 5.41) is 8.68. The van der Waals surface area contributed by atoms with Gasteiger partial charge in [0.1, 0.15) is 0 Å². The normalized spacial score (nSPS) is 10.2. The number of nitrogens with zero attached hydrogens (tertiary/aromatic N) is 1. The summed E-state index contributed by atoms with van der Waals surface area (Å²) in [6.07, 6.45) is 3.82. The highest BCUT2D eigenvalue weighted by molar-refractivity contribution is 5.56. The quantitative estimate of drug-likeness (QED) is 0.740. The summed E-state index contributed by atoms with van der Waals surface area (Å²) in [5.41, 5.74) is 8.24. The summed E-state index contributed by atoms with van der Waals surface area (Å²) >= 11 is 0. The summed E-state index contributed by atoms with van der Waals surface area (Å²) in [5.74, 6) is 0. The van der Waals surface area contributed by atoms with Crippen LogP contribution in [-0.4, -0.2) is 6.54 Å². The first-order valence-corrected chi connectivity index (χ1v) is 4.15. The SMILES string of the molecule is Cc1ccc(C#N)cc1C=CCN. The van der Waals surface area contributed by atoms with E-state index in [0.29, 0.717) is 12.1 Å². The molecule has 0 fully saturated rings. The maximum atomic E-state index is 8.68. The van der Waals surface area contributed by atoms with E-state index in [9.17, 15) is 0 Å². The molecular weight excluding hydrogens is 160 g/mol. The zero-order chi connectivity index (χ0) is 9.68. The number of hydrogen-bond donors (Lipinski definition) is 1. The Bertz CT molecular complexity index is 359. The molecule has 0 amide bonds. The smallest absolute Gasteiger partial charge is 0.0991 e. The van der Waals surface area contributed by atoms with Crippen molar-refractivity contribution in [1.29, 1.82) is 5.26 Å². The predicted octanol–water partition coefficient (Wildman–Crippen LogP) is 1.84. The van der Waals surface area contributed by atoms with E-state index in [0.717, 1.165) is 11.1 Å². The van der Waals surface area contributed by atoms with Crippen molar-refractivity contribution in [3.05, 3.63) is 41.0 Å². The second-order valence-electron chi connectivity index (χ2n) is 2.82. The average Bonchev–Trinajstić information content (AvgIpc) is 2.17. The van der Waals surface area contributed by atoms with Crippen molar-refractivity contribution in [2.45, 2.75) is 6.92 Å². The van der Waals surface area contributed by atoms with E-state index in [1.807, 2.05) is 37.3 Å². The minimum atomic E-state index is 0.524. The fourth-order valence-corrected chi connectivity index (χ4v) is 1.08. The summed E-state index contributed by atoms with van der Waals surface area (Å²) in [4.78, 5) is 0. The van der Waals surface area contributed by atoms with Gasteiger partial charge in [-0.2, -0.15) is 5.26 Å². The van der Waals surface area contributed by atoms with Gasteiger partial charge in [-0.25, -0.2) is 0 Å². The van der Waals surface area contributed by atoms with Crippen LogP contribution >= 0.6 is 0 Å². The molecule has 0 aliphatic rings. The van der Waals surface area contributed by atoms with Crippen LogP contribution in [0.25, 0.3) is 6.08 Å². The van der Waals surface area contributed by atoms with E-state index in [-0.39, 0.29) is 0 Å². The zero-order valence-corrected chi connectivity index (χ0v) is 7.62. The molecule has 0 spiro atoms. The third kappa shape index (κ3) is 2.43. The molecule has 0 bridgehead atoms. The second kappa shape index (κ2) is 4.44. The lowest BCUT2D eigenvalue weighted by Crippen LogP contribution is -1.92.